The maximum Gasteiger partial charge on any atom is 0.338 e. The maximum absolute atomic E-state index is 12.0. The van der Waals surface area contributed by atoms with Crippen molar-refractivity contribution in [2.45, 2.75) is 31.3 Å². The highest BCUT2D eigenvalue weighted by Crippen LogP contribution is 2.21. The highest BCUT2D eigenvalue weighted by Gasteiger charge is 2.23. The zero-order valence-electron chi connectivity index (χ0n) is 11.4. The molecule has 0 spiro atoms. The van der Waals surface area contributed by atoms with Crippen LogP contribution < -0.4 is 5.14 Å². The Bertz CT molecular complexity index is 632. The Morgan fingerprint density at radius 2 is 2.10 bits per heavy atom. The highest BCUT2D eigenvalue weighted by molar-refractivity contribution is 7.89. The molecule has 1 atom stereocenters. The lowest BCUT2D eigenvalue weighted by Gasteiger charge is -2.13. The fourth-order valence-electron chi connectivity index (χ4n) is 2.07. The Morgan fingerprint density at radius 3 is 2.65 bits per heavy atom. The van der Waals surface area contributed by atoms with Crippen LogP contribution in [0.5, 0.6) is 0 Å². The molecule has 0 radical (unpaired) electrons. The molecule has 0 saturated carbocycles. The van der Waals surface area contributed by atoms with E-state index in [1.165, 1.54) is 6.07 Å². The van der Waals surface area contributed by atoms with Crippen molar-refractivity contribution in [2.24, 2.45) is 5.14 Å². The summed E-state index contributed by atoms with van der Waals surface area (Å²) in [6, 6.07) is 2.86. The van der Waals surface area contributed by atoms with Gasteiger partial charge in [-0.25, -0.2) is 18.4 Å². The second-order valence-corrected chi connectivity index (χ2v) is 6.38. The first kappa shape index (κ1) is 15.0. The normalized spacial score (nSPS) is 19.1. The van der Waals surface area contributed by atoms with E-state index in [4.69, 9.17) is 14.6 Å². The number of sulfonamides is 1. The largest absolute Gasteiger partial charge is 0.456 e. The molecule has 1 heterocycles. The second-order valence-electron chi connectivity index (χ2n) is 4.85. The van der Waals surface area contributed by atoms with Gasteiger partial charge in [0.15, 0.2) is 0 Å². The van der Waals surface area contributed by atoms with Crippen LogP contribution in [-0.4, -0.2) is 33.7 Å². The van der Waals surface area contributed by atoms with E-state index in [0.717, 1.165) is 0 Å². The van der Waals surface area contributed by atoms with Crippen LogP contribution >= 0.6 is 0 Å². The minimum atomic E-state index is -3.87. The Balaban J connectivity index is 2.32. The van der Waals surface area contributed by atoms with Crippen molar-refractivity contribution >= 4 is 16.0 Å². The van der Waals surface area contributed by atoms with Crippen molar-refractivity contribution in [3.8, 4) is 0 Å². The Labute approximate surface area is 117 Å². The predicted molar refractivity (Wildman–Crippen MR) is 71.9 cm³/mol. The molecular weight excluding hydrogens is 282 g/mol. The van der Waals surface area contributed by atoms with Crippen LogP contribution in [0, 0.1) is 13.8 Å². The van der Waals surface area contributed by atoms with Gasteiger partial charge in [0.1, 0.15) is 6.10 Å². The molecule has 1 unspecified atom stereocenters. The molecular formula is C13H17NO5S. The highest BCUT2D eigenvalue weighted by atomic mass is 32.2. The summed E-state index contributed by atoms with van der Waals surface area (Å²) in [6.07, 6.45) is 0.376. The van der Waals surface area contributed by atoms with Crippen LogP contribution in [0.1, 0.15) is 27.9 Å². The third kappa shape index (κ3) is 3.17. The number of nitrogens with two attached hydrogens (primary N) is 1. The molecule has 0 aromatic heterocycles. The van der Waals surface area contributed by atoms with Gasteiger partial charge in [-0.3, -0.25) is 0 Å². The fraction of sp³-hybridized carbons (Fsp3) is 0.462. The quantitative estimate of drug-likeness (QED) is 0.836. The van der Waals surface area contributed by atoms with Crippen LogP contribution in [0.3, 0.4) is 0 Å². The Hall–Kier alpha value is -1.44. The minimum Gasteiger partial charge on any atom is -0.456 e. The lowest BCUT2D eigenvalue weighted by molar-refractivity contribution is 0.0270. The molecule has 7 heteroatoms. The van der Waals surface area contributed by atoms with E-state index < -0.39 is 16.0 Å². The predicted octanol–water partition coefficient (Wildman–Crippen LogP) is 0.897. The molecule has 2 N–H and O–H groups in total. The number of esters is 1. The minimum absolute atomic E-state index is 0.0490. The summed E-state index contributed by atoms with van der Waals surface area (Å²) in [6.45, 7) is 4.31. The van der Waals surface area contributed by atoms with Gasteiger partial charge in [-0.05, 0) is 37.1 Å². The van der Waals surface area contributed by atoms with E-state index in [0.29, 0.717) is 30.8 Å². The number of carbonyl (C=O) groups is 1. The molecule has 1 aromatic rings. The summed E-state index contributed by atoms with van der Waals surface area (Å²) in [5, 5.41) is 5.16. The molecule has 1 fully saturated rings. The van der Waals surface area contributed by atoms with Crippen molar-refractivity contribution < 1.29 is 22.7 Å². The number of benzene rings is 1. The molecule has 0 amide bonds. The van der Waals surface area contributed by atoms with Gasteiger partial charge in [-0.15, -0.1) is 0 Å². The molecule has 0 aliphatic carbocycles. The molecule has 1 saturated heterocycles. The summed E-state index contributed by atoms with van der Waals surface area (Å²) < 4.78 is 33.4. The Morgan fingerprint density at radius 1 is 1.40 bits per heavy atom. The van der Waals surface area contributed by atoms with Crippen LogP contribution in [0.15, 0.2) is 17.0 Å². The maximum atomic E-state index is 12.0. The van der Waals surface area contributed by atoms with E-state index in [2.05, 4.69) is 0 Å². The zero-order valence-corrected chi connectivity index (χ0v) is 12.2. The molecule has 0 bridgehead atoms. The van der Waals surface area contributed by atoms with E-state index >= 15 is 0 Å². The van der Waals surface area contributed by atoms with Crippen LogP contribution in [0.4, 0.5) is 0 Å². The summed E-state index contributed by atoms with van der Waals surface area (Å²) >= 11 is 0. The van der Waals surface area contributed by atoms with E-state index in [9.17, 15) is 13.2 Å². The summed E-state index contributed by atoms with van der Waals surface area (Å²) in [7, 11) is -3.87. The first-order chi connectivity index (χ1) is 9.29. The Kier molecular flexibility index (Phi) is 4.12. The summed E-state index contributed by atoms with van der Waals surface area (Å²) in [5.41, 5.74) is 1.39. The molecule has 1 aliphatic rings. The van der Waals surface area contributed by atoms with Crippen molar-refractivity contribution in [1.29, 1.82) is 0 Å². The summed E-state index contributed by atoms with van der Waals surface area (Å²) in [5.74, 6) is -0.562. The first-order valence-electron chi connectivity index (χ1n) is 6.22. The third-order valence-electron chi connectivity index (χ3n) is 3.32. The first-order valence-corrected chi connectivity index (χ1v) is 7.76. The van der Waals surface area contributed by atoms with Crippen LogP contribution in [0.2, 0.25) is 0 Å². The number of rotatable bonds is 3. The summed E-state index contributed by atoms with van der Waals surface area (Å²) in [4.78, 5) is 12.0. The van der Waals surface area contributed by atoms with Crippen molar-refractivity contribution in [2.75, 3.05) is 13.2 Å². The van der Waals surface area contributed by atoms with Crippen molar-refractivity contribution in [3.05, 3.63) is 28.8 Å². The topological polar surface area (TPSA) is 95.7 Å². The second kappa shape index (κ2) is 5.51. The van der Waals surface area contributed by atoms with Gasteiger partial charge in [0.05, 0.1) is 23.7 Å². The molecule has 1 aliphatic heterocycles. The smallest absolute Gasteiger partial charge is 0.338 e. The van der Waals surface area contributed by atoms with E-state index in [1.54, 1.807) is 19.9 Å². The van der Waals surface area contributed by atoms with Gasteiger partial charge < -0.3 is 9.47 Å². The van der Waals surface area contributed by atoms with Gasteiger partial charge in [-0.1, -0.05) is 0 Å². The average molecular weight is 299 g/mol. The number of carbonyl (C=O) groups excluding carboxylic acids is 1. The van der Waals surface area contributed by atoms with Gasteiger partial charge in [0.25, 0.3) is 0 Å². The number of ether oxygens (including phenoxy) is 2. The average Bonchev–Trinajstić information content (AvgIpc) is 2.83. The molecule has 1 aromatic carbocycles. The molecule has 110 valence electrons. The lowest BCUT2D eigenvalue weighted by Crippen LogP contribution is -2.20. The van der Waals surface area contributed by atoms with E-state index in [-0.39, 0.29) is 16.6 Å². The third-order valence-corrected chi connectivity index (χ3v) is 4.36. The van der Waals surface area contributed by atoms with Gasteiger partial charge in [-0.2, -0.15) is 0 Å². The standard InChI is InChI=1S/C13H17NO5S/c1-8-5-10(6-12(9(8)2)20(14,16)17)13(15)19-11-3-4-18-7-11/h5-6,11H,3-4,7H2,1-2H3,(H2,14,16,17). The van der Waals surface area contributed by atoms with Crippen LogP contribution in [0.25, 0.3) is 0 Å². The van der Waals surface area contributed by atoms with Gasteiger partial charge in [0, 0.05) is 6.42 Å². The number of hydrogen-bond donors (Lipinski definition) is 1. The number of hydrogen-bond acceptors (Lipinski definition) is 5. The molecule has 2 rings (SSSR count). The van der Waals surface area contributed by atoms with E-state index in [1.807, 2.05) is 0 Å². The monoisotopic (exact) mass is 299 g/mol. The van der Waals surface area contributed by atoms with Gasteiger partial charge >= 0.3 is 5.97 Å². The fourth-order valence-corrected chi connectivity index (χ4v) is 2.94. The number of aryl methyl sites for hydroxylation is 1. The van der Waals surface area contributed by atoms with Gasteiger partial charge in [0.2, 0.25) is 10.0 Å². The van der Waals surface area contributed by atoms with Crippen molar-refractivity contribution in [3.63, 3.8) is 0 Å². The number of primary sulfonamides is 1. The van der Waals surface area contributed by atoms with Crippen molar-refractivity contribution in [1.82, 2.24) is 0 Å². The lowest BCUT2D eigenvalue weighted by atomic mass is 10.1. The molecule has 20 heavy (non-hydrogen) atoms. The molecule has 6 nitrogen and oxygen atoms in total. The van der Waals surface area contributed by atoms with Crippen LogP contribution in [-0.2, 0) is 19.5 Å². The SMILES string of the molecule is Cc1cc(C(=O)OC2CCOC2)cc(S(N)(=O)=O)c1C. The zero-order chi connectivity index (χ0) is 14.9.